The average molecular weight is 276 g/mol. The van der Waals surface area contributed by atoms with Crippen LogP contribution in [0.3, 0.4) is 0 Å². The van der Waals surface area contributed by atoms with Gasteiger partial charge in [0.2, 0.25) is 0 Å². The summed E-state index contributed by atoms with van der Waals surface area (Å²) in [5.74, 6) is 0.837. The summed E-state index contributed by atoms with van der Waals surface area (Å²) in [5.41, 5.74) is 6.10. The Labute approximate surface area is 118 Å². The van der Waals surface area contributed by atoms with E-state index in [1.807, 2.05) is 0 Å². The number of piperidine rings is 1. The Morgan fingerprint density at radius 1 is 1.40 bits per heavy atom. The van der Waals surface area contributed by atoms with Crippen molar-refractivity contribution in [3.8, 4) is 0 Å². The van der Waals surface area contributed by atoms with Gasteiger partial charge in [-0.3, -0.25) is 0 Å². The quantitative estimate of drug-likeness (QED) is 0.817. The van der Waals surface area contributed by atoms with Crippen LogP contribution in [-0.2, 0) is 4.74 Å². The topological polar surface area (TPSA) is 81.3 Å². The highest BCUT2D eigenvalue weighted by Gasteiger charge is 2.39. The summed E-state index contributed by atoms with van der Waals surface area (Å²) < 4.78 is 4.66. The second-order valence-corrected chi connectivity index (χ2v) is 5.74. The number of carbonyl (C=O) groups excluding carboxylic acids is 1. The number of ether oxygens (including phenoxy) is 1. The highest BCUT2D eigenvalue weighted by molar-refractivity contribution is 5.93. The highest BCUT2D eigenvalue weighted by atomic mass is 16.5. The van der Waals surface area contributed by atoms with Gasteiger partial charge in [0.05, 0.1) is 7.11 Å². The first kappa shape index (κ1) is 13.3. The molecule has 0 aliphatic carbocycles. The third kappa shape index (κ3) is 2.14. The minimum Gasteiger partial charge on any atom is -0.465 e. The minimum absolute atomic E-state index is 0.216. The number of nitrogen functional groups attached to an aromatic ring is 1. The summed E-state index contributed by atoms with van der Waals surface area (Å²) in [4.78, 5) is 22.6. The lowest BCUT2D eigenvalue weighted by Crippen LogP contribution is -2.39. The van der Waals surface area contributed by atoms with E-state index in [2.05, 4.69) is 26.7 Å². The third-order valence-electron chi connectivity index (χ3n) is 4.71. The van der Waals surface area contributed by atoms with Crippen molar-refractivity contribution in [1.29, 1.82) is 0 Å². The van der Waals surface area contributed by atoms with E-state index in [0.29, 0.717) is 18.0 Å². The predicted octanol–water partition coefficient (Wildman–Crippen LogP) is 1.19. The average Bonchev–Trinajstić information content (AvgIpc) is 2.67. The summed E-state index contributed by atoms with van der Waals surface area (Å²) in [6, 6.07) is 1.26. The third-order valence-corrected chi connectivity index (χ3v) is 4.71. The van der Waals surface area contributed by atoms with Gasteiger partial charge in [-0.25, -0.2) is 14.8 Å². The van der Waals surface area contributed by atoms with Gasteiger partial charge in [-0.2, -0.15) is 0 Å². The van der Waals surface area contributed by atoms with Crippen LogP contribution in [0, 0.1) is 0 Å². The van der Waals surface area contributed by atoms with Crippen molar-refractivity contribution in [2.75, 3.05) is 19.9 Å². The zero-order chi connectivity index (χ0) is 14.3. The molecule has 20 heavy (non-hydrogen) atoms. The zero-order valence-corrected chi connectivity index (χ0v) is 11.9. The number of nitrogens with two attached hydrogens (primary N) is 1. The van der Waals surface area contributed by atoms with Crippen LogP contribution >= 0.6 is 0 Å². The summed E-state index contributed by atoms with van der Waals surface area (Å²) in [5, 5.41) is 0. The van der Waals surface area contributed by atoms with Crippen LogP contribution in [0.4, 0.5) is 5.82 Å². The van der Waals surface area contributed by atoms with E-state index < -0.39 is 5.97 Å². The lowest BCUT2D eigenvalue weighted by atomic mass is 9.90. The van der Waals surface area contributed by atoms with E-state index in [-0.39, 0.29) is 11.4 Å². The Morgan fingerprint density at radius 3 is 2.60 bits per heavy atom. The maximum absolute atomic E-state index is 11.5. The lowest BCUT2D eigenvalue weighted by molar-refractivity contribution is 0.0601. The number of hydrogen-bond donors (Lipinski definition) is 1. The number of carbonyl (C=O) groups is 1. The van der Waals surface area contributed by atoms with Crippen LogP contribution in [-0.4, -0.2) is 47.1 Å². The van der Waals surface area contributed by atoms with Gasteiger partial charge in [0, 0.05) is 24.2 Å². The van der Waals surface area contributed by atoms with Crippen LogP contribution in [0.5, 0.6) is 0 Å². The second-order valence-electron chi connectivity index (χ2n) is 5.74. The van der Waals surface area contributed by atoms with E-state index in [1.54, 1.807) is 0 Å². The molecule has 0 aromatic carbocycles. The fraction of sp³-hybridized carbons (Fsp3) is 0.643. The molecule has 0 saturated carbocycles. The molecule has 3 heterocycles. The highest BCUT2D eigenvalue weighted by Crippen LogP contribution is 2.41. The van der Waals surface area contributed by atoms with Crippen LogP contribution in [0.2, 0.25) is 0 Å². The molecule has 2 N–H and O–H groups in total. The molecule has 108 valence electrons. The largest absolute Gasteiger partial charge is 0.465 e. The van der Waals surface area contributed by atoms with Crippen molar-refractivity contribution < 1.29 is 9.53 Å². The Kier molecular flexibility index (Phi) is 3.33. The summed E-state index contributed by atoms with van der Waals surface area (Å²) in [7, 11) is 3.53. The molecule has 6 heteroatoms. The number of anilines is 1. The molecule has 6 nitrogen and oxygen atoms in total. The minimum atomic E-state index is -0.488. The van der Waals surface area contributed by atoms with Gasteiger partial charge in [-0.1, -0.05) is 0 Å². The number of rotatable bonds is 2. The molecule has 2 unspecified atom stereocenters. The van der Waals surface area contributed by atoms with Gasteiger partial charge in [-0.05, 0) is 32.7 Å². The molecule has 2 fully saturated rings. The lowest BCUT2D eigenvalue weighted by Gasteiger charge is -2.35. The molecular weight excluding hydrogens is 256 g/mol. The van der Waals surface area contributed by atoms with Crippen LogP contribution in [0.1, 0.15) is 47.8 Å². The molecule has 2 aliphatic heterocycles. The van der Waals surface area contributed by atoms with Crippen LogP contribution in [0.15, 0.2) is 6.20 Å². The van der Waals surface area contributed by atoms with Crippen molar-refractivity contribution in [2.24, 2.45) is 0 Å². The van der Waals surface area contributed by atoms with Crippen LogP contribution < -0.4 is 5.73 Å². The summed E-state index contributed by atoms with van der Waals surface area (Å²) in [6.45, 7) is 0. The van der Waals surface area contributed by atoms with E-state index in [4.69, 9.17) is 5.73 Å². The van der Waals surface area contributed by atoms with E-state index in [1.165, 1.54) is 26.1 Å². The van der Waals surface area contributed by atoms with E-state index in [0.717, 1.165) is 18.7 Å². The van der Waals surface area contributed by atoms with Crippen molar-refractivity contribution in [2.45, 2.75) is 43.7 Å². The zero-order valence-electron chi connectivity index (χ0n) is 11.9. The molecular formula is C14H20N4O2. The Morgan fingerprint density at radius 2 is 2.05 bits per heavy atom. The van der Waals surface area contributed by atoms with E-state index in [9.17, 15) is 4.79 Å². The van der Waals surface area contributed by atoms with Crippen LogP contribution in [0.25, 0.3) is 0 Å². The number of esters is 1. The fourth-order valence-electron chi connectivity index (χ4n) is 3.50. The smallest absolute Gasteiger partial charge is 0.343 e. The van der Waals surface area contributed by atoms with Crippen molar-refractivity contribution in [3.05, 3.63) is 17.6 Å². The van der Waals surface area contributed by atoms with Gasteiger partial charge < -0.3 is 15.4 Å². The van der Waals surface area contributed by atoms with Crippen molar-refractivity contribution >= 4 is 11.8 Å². The van der Waals surface area contributed by atoms with E-state index >= 15 is 0 Å². The molecule has 1 aromatic heterocycles. The Hall–Kier alpha value is -1.69. The molecule has 0 amide bonds. The Bertz CT molecular complexity index is 520. The first-order chi connectivity index (χ1) is 9.60. The maximum Gasteiger partial charge on any atom is 0.343 e. The molecule has 2 aliphatic rings. The molecule has 1 aromatic rings. The fourth-order valence-corrected chi connectivity index (χ4v) is 3.50. The van der Waals surface area contributed by atoms with Crippen molar-refractivity contribution in [1.82, 2.24) is 14.9 Å². The first-order valence-electron chi connectivity index (χ1n) is 7.02. The molecule has 0 spiro atoms. The molecule has 3 rings (SSSR count). The standard InChI is InChI=1S/C14H20N4O2/c1-18-9-3-4-10(18)6-8(5-9)13-16-7-11(12(15)17-13)14(19)20-2/h7-10H,3-6H2,1-2H3,(H2,15,16,17). The SMILES string of the molecule is COC(=O)c1cnc(C2CC3CCC(C2)N3C)nc1N. The van der Waals surface area contributed by atoms with Gasteiger partial charge in [0.1, 0.15) is 17.2 Å². The normalized spacial score (nSPS) is 29.4. The van der Waals surface area contributed by atoms with Gasteiger partial charge in [0.15, 0.2) is 0 Å². The maximum atomic E-state index is 11.5. The molecule has 0 radical (unpaired) electrons. The van der Waals surface area contributed by atoms with Gasteiger partial charge >= 0.3 is 5.97 Å². The number of nitrogens with zero attached hydrogens (tertiary/aromatic N) is 3. The number of methoxy groups -OCH3 is 1. The van der Waals surface area contributed by atoms with Gasteiger partial charge in [-0.15, -0.1) is 0 Å². The summed E-state index contributed by atoms with van der Waals surface area (Å²) in [6.07, 6.45) is 6.15. The Balaban J connectivity index is 1.82. The number of fused-ring (bicyclic) bond motifs is 2. The predicted molar refractivity (Wildman–Crippen MR) is 74.3 cm³/mol. The second kappa shape index (κ2) is 5.01. The van der Waals surface area contributed by atoms with Gasteiger partial charge in [0.25, 0.3) is 0 Å². The molecule has 2 atom stereocenters. The molecule has 2 bridgehead atoms. The molecule has 2 saturated heterocycles. The first-order valence-corrected chi connectivity index (χ1v) is 7.02. The van der Waals surface area contributed by atoms with Crippen molar-refractivity contribution in [3.63, 3.8) is 0 Å². The monoisotopic (exact) mass is 276 g/mol. The summed E-state index contributed by atoms with van der Waals surface area (Å²) >= 11 is 0. The number of aromatic nitrogens is 2. The number of hydrogen-bond acceptors (Lipinski definition) is 6.